The molecule has 4 nitrogen and oxygen atoms in total. The fraction of sp³-hybridized carbons (Fsp3) is 0.545. The van der Waals surface area contributed by atoms with Crippen molar-refractivity contribution in [2.75, 3.05) is 13.1 Å². The molecule has 1 aromatic rings. The number of carbonyl (C=O) groups is 1. The highest BCUT2D eigenvalue weighted by molar-refractivity contribution is 7.98. The third-order valence-corrected chi connectivity index (χ3v) is 3.28. The van der Waals surface area contributed by atoms with Gasteiger partial charge in [-0.3, -0.25) is 4.79 Å². The molecule has 1 saturated heterocycles. The molecule has 1 aromatic heterocycles. The number of likely N-dealkylation sites (tertiary alicyclic amines) is 1. The van der Waals surface area contributed by atoms with Gasteiger partial charge in [-0.2, -0.15) is 8.78 Å². The van der Waals surface area contributed by atoms with Crippen molar-refractivity contribution in [1.29, 1.82) is 0 Å². The first-order chi connectivity index (χ1) is 8.37. The number of aliphatic hydroxyl groups is 1. The maximum Gasteiger partial charge on any atom is 0.289 e. The number of alkyl halides is 2. The lowest BCUT2D eigenvalue weighted by Gasteiger charge is -2.43. The van der Waals surface area contributed by atoms with E-state index < -0.39 is 11.4 Å². The lowest BCUT2D eigenvalue weighted by molar-refractivity contribution is -0.0678. The average Bonchev–Trinajstić information content (AvgIpc) is 2.70. The van der Waals surface area contributed by atoms with E-state index in [-0.39, 0.29) is 30.5 Å². The van der Waals surface area contributed by atoms with Crippen molar-refractivity contribution in [3.05, 3.63) is 23.7 Å². The molecule has 0 unspecified atom stereocenters. The van der Waals surface area contributed by atoms with Crippen LogP contribution in [0.3, 0.4) is 0 Å². The molecule has 2 heterocycles. The minimum absolute atomic E-state index is 0.0304. The lowest BCUT2D eigenvalue weighted by Crippen LogP contribution is -2.61. The van der Waals surface area contributed by atoms with Crippen LogP contribution in [0.25, 0.3) is 0 Å². The smallest absolute Gasteiger partial charge is 0.289 e. The quantitative estimate of drug-likeness (QED) is 0.914. The molecule has 0 aliphatic carbocycles. The SMILES string of the molecule is CC1(O)CN(C(=O)c2ccc(CSC(F)F)o2)C1. The molecule has 2 rings (SSSR count). The van der Waals surface area contributed by atoms with Gasteiger partial charge in [-0.05, 0) is 19.1 Å². The van der Waals surface area contributed by atoms with Crippen LogP contribution in [-0.4, -0.2) is 40.4 Å². The molecule has 1 N–H and O–H groups in total. The van der Waals surface area contributed by atoms with Gasteiger partial charge in [-0.25, -0.2) is 0 Å². The summed E-state index contributed by atoms with van der Waals surface area (Å²) in [6, 6.07) is 2.98. The molecule has 18 heavy (non-hydrogen) atoms. The number of carbonyl (C=O) groups excluding carboxylic acids is 1. The van der Waals surface area contributed by atoms with Crippen LogP contribution in [0, 0.1) is 0 Å². The number of halogens is 2. The minimum atomic E-state index is -2.46. The zero-order valence-electron chi connectivity index (χ0n) is 9.73. The van der Waals surface area contributed by atoms with E-state index in [4.69, 9.17) is 4.42 Å². The van der Waals surface area contributed by atoms with Crippen LogP contribution in [0.2, 0.25) is 0 Å². The number of β-amino-alcohol motifs (C(OH)–C–C–N with tert-alkyl or cyclic N) is 1. The minimum Gasteiger partial charge on any atom is -0.455 e. The first kappa shape index (κ1) is 13.4. The molecule has 0 atom stereocenters. The maximum atomic E-state index is 12.0. The summed E-state index contributed by atoms with van der Waals surface area (Å²) < 4.78 is 29.2. The number of thioether (sulfide) groups is 1. The summed E-state index contributed by atoms with van der Waals surface area (Å²) in [5, 5.41) is 9.52. The molecule has 0 spiro atoms. The molecule has 1 aliphatic heterocycles. The van der Waals surface area contributed by atoms with Crippen molar-refractivity contribution in [3.8, 4) is 0 Å². The summed E-state index contributed by atoms with van der Waals surface area (Å²) in [5.41, 5.74) is -0.837. The summed E-state index contributed by atoms with van der Waals surface area (Å²) in [4.78, 5) is 13.3. The molecule has 7 heteroatoms. The molecule has 100 valence electrons. The van der Waals surface area contributed by atoms with Gasteiger partial charge in [0.15, 0.2) is 5.76 Å². The zero-order chi connectivity index (χ0) is 13.3. The molecule has 1 aliphatic rings. The van der Waals surface area contributed by atoms with Crippen molar-refractivity contribution in [3.63, 3.8) is 0 Å². The Morgan fingerprint density at radius 1 is 1.61 bits per heavy atom. The Kier molecular flexibility index (Phi) is 3.63. The van der Waals surface area contributed by atoms with Gasteiger partial charge in [0, 0.05) is 0 Å². The van der Waals surface area contributed by atoms with E-state index in [1.807, 2.05) is 0 Å². The number of furan rings is 1. The Morgan fingerprint density at radius 3 is 2.83 bits per heavy atom. The number of hydrogen-bond acceptors (Lipinski definition) is 4. The van der Waals surface area contributed by atoms with E-state index in [0.29, 0.717) is 17.5 Å². The van der Waals surface area contributed by atoms with Crippen molar-refractivity contribution in [1.82, 2.24) is 4.90 Å². The van der Waals surface area contributed by atoms with E-state index in [2.05, 4.69) is 0 Å². The van der Waals surface area contributed by atoms with Crippen LogP contribution in [0.1, 0.15) is 23.2 Å². The molecule has 0 saturated carbocycles. The van der Waals surface area contributed by atoms with Gasteiger partial charge in [-0.15, -0.1) is 0 Å². The van der Waals surface area contributed by atoms with E-state index in [9.17, 15) is 18.7 Å². The molecule has 0 radical (unpaired) electrons. The van der Waals surface area contributed by atoms with E-state index in [1.165, 1.54) is 17.0 Å². The molecule has 0 bridgehead atoms. The lowest BCUT2D eigenvalue weighted by atomic mass is 9.97. The molecule has 1 fully saturated rings. The molecular weight excluding hydrogens is 264 g/mol. The first-order valence-corrected chi connectivity index (χ1v) is 6.42. The van der Waals surface area contributed by atoms with Crippen molar-refractivity contribution >= 4 is 17.7 Å². The van der Waals surface area contributed by atoms with Crippen LogP contribution in [0.5, 0.6) is 0 Å². The molecule has 1 amide bonds. The van der Waals surface area contributed by atoms with Gasteiger partial charge in [-0.1, -0.05) is 11.8 Å². The van der Waals surface area contributed by atoms with Crippen molar-refractivity contribution < 1.29 is 23.1 Å². The van der Waals surface area contributed by atoms with Gasteiger partial charge in [0.2, 0.25) is 0 Å². The average molecular weight is 277 g/mol. The Labute approximate surface area is 107 Å². The Bertz CT molecular complexity index is 439. The van der Waals surface area contributed by atoms with Gasteiger partial charge >= 0.3 is 0 Å². The van der Waals surface area contributed by atoms with Gasteiger partial charge in [0.05, 0.1) is 24.4 Å². The van der Waals surface area contributed by atoms with Crippen molar-refractivity contribution in [2.24, 2.45) is 0 Å². The second-order valence-corrected chi connectivity index (χ2v) is 5.47. The van der Waals surface area contributed by atoms with Crippen LogP contribution in [0.4, 0.5) is 8.78 Å². The highest BCUT2D eigenvalue weighted by atomic mass is 32.2. The van der Waals surface area contributed by atoms with E-state index in [1.54, 1.807) is 6.92 Å². The third kappa shape index (κ3) is 3.02. The fourth-order valence-corrected chi connectivity index (χ4v) is 2.24. The van der Waals surface area contributed by atoms with Crippen LogP contribution >= 0.6 is 11.8 Å². The number of nitrogens with zero attached hydrogens (tertiary/aromatic N) is 1. The number of amides is 1. The monoisotopic (exact) mass is 277 g/mol. The predicted molar refractivity (Wildman–Crippen MR) is 62.5 cm³/mol. The molecular formula is C11H13F2NO3S. The van der Waals surface area contributed by atoms with Gasteiger partial charge in [0.25, 0.3) is 11.7 Å². The second-order valence-electron chi connectivity index (χ2n) is 4.50. The summed E-state index contributed by atoms with van der Waals surface area (Å²) in [6.07, 6.45) is 0. The first-order valence-electron chi connectivity index (χ1n) is 5.37. The van der Waals surface area contributed by atoms with Gasteiger partial charge in [0.1, 0.15) is 5.76 Å². The van der Waals surface area contributed by atoms with Gasteiger partial charge < -0.3 is 14.4 Å². The van der Waals surface area contributed by atoms with Crippen molar-refractivity contribution in [2.45, 2.75) is 24.0 Å². The highest BCUT2D eigenvalue weighted by Gasteiger charge is 2.40. The summed E-state index contributed by atoms with van der Waals surface area (Å²) in [7, 11) is 0. The number of rotatable bonds is 4. The Hall–Kier alpha value is -1.08. The Morgan fingerprint density at radius 2 is 2.28 bits per heavy atom. The zero-order valence-corrected chi connectivity index (χ0v) is 10.5. The topological polar surface area (TPSA) is 53.7 Å². The standard InChI is InChI=1S/C11H13F2NO3S/c1-11(16)5-14(6-11)9(15)8-3-2-7(17-8)4-18-10(12)13/h2-3,10,16H,4-6H2,1H3. The summed E-state index contributed by atoms with van der Waals surface area (Å²) in [5.74, 6) is -2.29. The van der Waals surface area contributed by atoms with Crippen LogP contribution < -0.4 is 0 Å². The van der Waals surface area contributed by atoms with Crippen LogP contribution in [0.15, 0.2) is 16.5 Å². The predicted octanol–water partition coefficient (Wildman–Crippen LogP) is 1.94. The maximum absolute atomic E-state index is 12.0. The number of hydrogen-bond donors (Lipinski definition) is 1. The summed E-state index contributed by atoms with van der Waals surface area (Å²) >= 11 is 0.445. The normalized spacial score (nSPS) is 17.9. The van der Waals surface area contributed by atoms with E-state index in [0.717, 1.165) is 0 Å². The highest BCUT2D eigenvalue weighted by Crippen LogP contribution is 2.25. The van der Waals surface area contributed by atoms with Crippen LogP contribution in [-0.2, 0) is 5.75 Å². The third-order valence-electron chi connectivity index (χ3n) is 2.57. The second kappa shape index (κ2) is 4.89. The summed E-state index contributed by atoms with van der Waals surface area (Å²) in [6.45, 7) is 2.16. The fourth-order valence-electron chi connectivity index (χ4n) is 1.79. The Balaban J connectivity index is 1.92. The largest absolute Gasteiger partial charge is 0.455 e. The van der Waals surface area contributed by atoms with E-state index >= 15 is 0 Å². The molecule has 0 aromatic carbocycles.